The molecule has 0 aromatic heterocycles. The van der Waals surface area contributed by atoms with Gasteiger partial charge < -0.3 is 20.5 Å². The number of nitrogens with one attached hydrogen (secondary N) is 1. The highest BCUT2D eigenvalue weighted by molar-refractivity contribution is 5.84. The molecular formula is C15H24N2O3. The maximum atomic E-state index is 11.7. The molecule has 3 N–H and O–H groups in total. The van der Waals surface area contributed by atoms with Crippen molar-refractivity contribution in [2.24, 2.45) is 5.73 Å². The van der Waals surface area contributed by atoms with Gasteiger partial charge in [-0.3, -0.25) is 4.79 Å². The third-order valence-electron chi connectivity index (χ3n) is 3.16. The van der Waals surface area contributed by atoms with Crippen LogP contribution < -0.4 is 20.5 Å². The lowest BCUT2D eigenvalue weighted by atomic mass is 9.91. The third kappa shape index (κ3) is 3.87. The van der Waals surface area contributed by atoms with Gasteiger partial charge in [-0.05, 0) is 44.9 Å². The lowest BCUT2D eigenvalue weighted by Gasteiger charge is -2.30. The van der Waals surface area contributed by atoms with Crippen molar-refractivity contribution in [1.82, 2.24) is 5.32 Å². The van der Waals surface area contributed by atoms with E-state index in [9.17, 15) is 4.79 Å². The van der Waals surface area contributed by atoms with Crippen LogP contribution in [-0.4, -0.2) is 31.7 Å². The molecule has 1 rings (SSSR count). The highest BCUT2D eigenvalue weighted by Crippen LogP contribution is 2.29. The molecule has 1 amide bonds. The van der Waals surface area contributed by atoms with E-state index in [0.29, 0.717) is 17.9 Å². The molecule has 1 unspecified atom stereocenters. The molecule has 0 aliphatic carbocycles. The Hall–Kier alpha value is -1.75. The first-order valence-corrected chi connectivity index (χ1v) is 6.61. The van der Waals surface area contributed by atoms with Gasteiger partial charge in [0.1, 0.15) is 0 Å². The second-order valence-corrected chi connectivity index (χ2v) is 5.36. The molecule has 20 heavy (non-hydrogen) atoms. The fourth-order valence-corrected chi connectivity index (χ4v) is 2.25. The van der Waals surface area contributed by atoms with Crippen molar-refractivity contribution in [3.8, 4) is 11.5 Å². The number of carbonyl (C=O) groups excluding carboxylic acids is 1. The number of benzene rings is 1. The fourth-order valence-electron chi connectivity index (χ4n) is 2.25. The van der Waals surface area contributed by atoms with Crippen LogP contribution in [0, 0.1) is 0 Å². The Morgan fingerprint density at radius 1 is 1.30 bits per heavy atom. The molecule has 5 nitrogen and oxygen atoms in total. The summed E-state index contributed by atoms with van der Waals surface area (Å²) in [6, 6.07) is 5.75. The number of amides is 1. The van der Waals surface area contributed by atoms with Crippen LogP contribution in [-0.2, 0) is 11.2 Å². The number of nitrogens with two attached hydrogens (primary N) is 1. The van der Waals surface area contributed by atoms with E-state index in [4.69, 9.17) is 15.2 Å². The molecule has 0 fully saturated rings. The van der Waals surface area contributed by atoms with Crippen molar-refractivity contribution in [1.29, 1.82) is 0 Å². The van der Waals surface area contributed by atoms with E-state index in [1.165, 1.54) is 0 Å². The van der Waals surface area contributed by atoms with Crippen LogP contribution in [0.25, 0.3) is 0 Å². The second kappa shape index (κ2) is 6.61. The number of hydrogen-bond acceptors (Lipinski definition) is 4. The van der Waals surface area contributed by atoms with Gasteiger partial charge in [-0.15, -0.1) is 0 Å². The summed E-state index contributed by atoms with van der Waals surface area (Å²) in [6.45, 7) is 5.78. The van der Waals surface area contributed by atoms with Crippen LogP contribution in [0.3, 0.4) is 0 Å². The summed E-state index contributed by atoms with van der Waals surface area (Å²) >= 11 is 0. The van der Waals surface area contributed by atoms with Crippen molar-refractivity contribution in [2.75, 3.05) is 14.2 Å². The predicted octanol–water partition coefficient (Wildman–Crippen LogP) is 1.49. The first kappa shape index (κ1) is 16.3. The molecule has 0 aliphatic heterocycles. The van der Waals surface area contributed by atoms with Crippen LogP contribution >= 0.6 is 0 Å². The third-order valence-corrected chi connectivity index (χ3v) is 3.16. The van der Waals surface area contributed by atoms with Gasteiger partial charge in [0, 0.05) is 6.04 Å². The summed E-state index contributed by atoms with van der Waals surface area (Å²) in [5.41, 5.74) is 5.69. The van der Waals surface area contributed by atoms with Gasteiger partial charge in [0.2, 0.25) is 5.91 Å². The van der Waals surface area contributed by atoms with E-state index in [1.807, 2.05) is 39.0 Å². The molecule has 0 saturated carbocycles. The van der Waals surface area contributed by atoms with Gasteiger partial charge in [0.05, 0.1) is 19.8 Å². The molecule has 1 atom stereocenters. The van der Waals surface area contributed by atoms with Crippen molar-refractivity contribution in [3.63, 3.8) is 0 Å². The standard InChI is InChI=1S/C15H24N2O3/c1-10(2)17-15(3,14(16)18)9-11-6-7-12(19-4)13(8-11)20-5/h6-8,10,17H,9H2,1-5H3,(H2,16,18). The molecule has 0 bridgehead atoms. The summed E-state index contributed by atoms with van der Waals surface area (Å²) in [7, 11) is 3.17. The first-order chi connectivity index (χ1) is 9.32. The Morgan fingerprint density at radius 3 is 2.35 bits per heavy atom. The summed E-state index contributed by atoms with van der Waals surface area (Å²) in [5, 5.41) is 3.22. The summed E-state index contributed by atoms with van der Waals surface area (Å²) < 4.78 is 10.5. The lowest BCUT2D eigenvalue weighted by Crippen LogP contribution is -2.56. The molecule has 5 heteroatoms. The number of ether oxygens (including phenoxy) is 2. The van der Waals surface area contributed by atoms with Crippen LogP contribution in [0.1, 0.15) is 26.3 Å². The zero-order valence-corrected chi connectivity index (χ0v) is 12.8. The van der Waals surface area contributed by atoms with Crippen LogP contribution in [0.2, 0.25) is 0 Å². The average Bonchev–Trinajstić information content (AvgIpc) is 2.37. The van der Waals surface area contributed by atoms with Crippen molar-refractivity contribution < 1.29 is 14.3 Å². The first-order valence-electron chi connectivity index (χ1n) is 6.61. The Morgan fingerprint density at radius 2 is 1.90 bits per heavy atom. The van der Waals surface area contributed by atoms with E-state index in [0.717, 1.165) is 5.56 Å². The molecular weight excluding hydrogens is 256 g/mol. The summed E-state index contributed by atoms with van der Waals surface area (Å²) in [4.78, 5) is 11.7. The molecule has 1 aromatic rings. The Balaban J connectivity index is 3.03. The number of hydrogen-bond donors (Lipinski definition) is 2. The van der Waals surface area contributed by atoms with Crippen LogP contribution in [0.5, 0.6) is 11.5 Å². The molecule has 0 heterocycles. The average molecular weight is 280 g/mol. The SMILES string of the molecule is COc1ccc(CC(C)(NC(C)C)C(N)=O)cc1OC. The number of carbonyl (C=O) groups is 1. The molecule has 112 valence electrons. The molecule has 1 aromatic carbocycles. The fraction of sp³-hybridized carbons (Fsp3) is 0.533. The van der Waals surface area contributed by atoms with Gasteiger partial charge in [-0.1, -0.05) is 6.07 Å². The normalized spacial score (nSPS) is 13.9. The molecule has 0 radical (unpaired) electrons. The van der Waals surface area contributed by atoms with Gasteiger partial charge in [-0.2, -0.15) is 0 Å². The van der Waals surface area contributed by atoms with Crippen LogP contribution in [0.4, 0.5) is 0 Å². The lowest BCUT2D eigenvalue weighted by molar-refractivity contribution is -0.124. The minimum Gasteiger partial charge on any atom is -0.493 e. The van der Waals surface area contributed by atoms with Gasteiger partial charge in [0.25, 0.3) is 0 Å². The zero-order chi connectivity index (χ0) is 15.3. The maximum absolute atomic E-state index is 11.7. The Bertz CT molecular complexity index is 474. The van der Waals surface area contributed by atoms with E-state index in [1.54, 1.807) is 14.2 Å². The van der Waals surface area contributed by atoms with E-state index >= 15 is 0 Å². The van der Waals surface area contributed by atoms with E-state index in [-0.39, 0.29) is 11.9 Å². The van der Waals surface area contributed by atoms with Crippen molar-refractivity contribution in [3.05, 3.63) is 23.8 Å². The van der Waals surface area contributed by atoms with Gasteiger partial charge >= 0.3 is 0 Å². The quantitative estimate of drug-likeness (QED) is 0.793. The number of rotatable bonds is 7. The number of primary amides is 1. The second-order valence-electron chi connectivity index (χ2n) is 5.36. The molecule has 0 spiro atoms. The minimum atomic E-state index is -0.798. The molecule has 0 saturated heterocycles. The van der Waals surface area contributed by atoms with Crippen LogP contribution in [0.15, 0.2) is 18.2 Å². The predicted molar refractivity (Wildman–Crippen MR) is 79.1 cm³/mol. The maximum Gasteiger partial charge on any atom is 0.237 e. The van der Waals surface area contributed by atoms with Crippen molar-refractivity contribution >= 4 is 5.91 Å². The zero-order valence-electron chi connectivity index (χ0n) is 12.8. The van der Waals surface area contributed by atoms with Crippen molar-refractivity contribution in [2.45, 2.75) is 38.8 Å². The largest absolute Gasteiger partial charge is 0.493 e. The van der Waals surface area contributed by atoms with Gasteiger partial charge in [-0.25, -0.2) is 0 Å². The Kier molecular flexibility index (Phi) is 5.39. The molecule has 0 aliphatic rings. The monoisotopic (exact) mass is 280 g/mol. The topological polar surface area (TPSA) is 73.6 Å². The number of methoxy groups -OCH3 is 2. The summed E-state index contributed by atoms with van der Waals surface area (Å²) in [6.07, 6.45) is 0.487. The summed E-state index contributed by atoms with van der Waals surface area (Å²) in [5.74, 6) is 0.927. The van der Waals surface area contributed by atoms with E-state index < -0.39 is 5.54 Å². The van der Waals surface area contributed by atoms with Gasteiger partial charge in [0.15, 0.2) is 11.5 Å². The highest BCUT2D eigenvalue weighted by atomic mass is 16.5. The minimum absolute atomic E-state index is 0.160. The highest BCUT2D eigenvalue weighted by Gasteiger charge is 2.31. The Labute approximate surface area is 120 Å². The van der Waals surface area contributed by atoms with E-state index in [2.05, 4.69) is 5.32 Å². The smallest absolute Gasteiger partial charge is 0.237 e.